The van der Waals surface area contributed by atoms with Gasteiger partial charge in [-0.1, -0.05) is 0 Å². The first-order valence-corrected chi connectivity index (χ1v) is 6.41. The molecule has 2 rings (SSSR count). The number of halogens is 1. The van der Waals surface area contributed by atoms with Crippen molar-refractivity contribution in [1.82, 2.24) is 4.90 Å². The maximum Gasteiger partial charge on any atom is 0.253 e. The molecule has 1 amide bonds. The predicted molar refractivity (Wildman–Crippen MR) is 70.0 cm³/mol. The molecule has 1 aliphatic heterocycles. The zero-order chi connectivity index (χ0) is 14.0. The minimum Gasteiger partial charge on any atom is -0.339 e. The van der Waals surface area contributed by atoms with Crippen LogP contribution < -0.4 is 0 Å². The summed E-state index contributed by atoms with van der Waals surface area (Å²) in [4.78, 5) is 14.0. The third-order valence-electron chi connectivity index (χ3n) is 3.71. The highest BCUT2D eigenvalue weighted by atomic mass is 19.1. The largest absolute Gasteiger partial charge is 0.339 e. The quantitative estimate of drug-likeness (QED) is 0.779. The van der Waals surface area contributed by atoms with Crippen LogP contribution in [0.1, 0.15) is 35.7 Å². The second kappa shape index (κ2) is 5.00. The van der Waals surface area contributed by atoms with Crippen LogP contribution in [0.2, 0.25) is 0 Å². The van der Waals surface area contributed by atoms with Gasteiger partial charge in [0.1, 0.15) is 5.82 Å². The molecule has 4 heteroatoms. The van der Waals surface area contributed by atoms with E-state index in [0.717, 1.165) is 5.56 Å². The van der Waals surface area contributed by atoms with Crippen molar-refractivity contribution in [3.63, 3.8) is 0 Å². The third-order valence-corrected chi connectivity index (χ3v) is 3.71. The first-order valence-electron chi connectivity index (χ1n) is 6.41. The Bertz CT molecular complexity index is 519. The van der Waals surface area contributed by atoms with Crippen LogP contribution in [-0.4, -0.2) is 23.9 Å². The summed E-state index contributed by atoms with van der Waals surface area (Å²) in [6.07, 6.45) is 1.34. The highest BCUT2D eigenvalue weighted by Gasteiger charge is 2.32. The maximum atomic E-state index is 13.3. The standard InChI is InChI=1S/C15H17FN2O/c1-11-7-12(9-13(16)8-11)14(19)18-5-3-15(2,10-17)4-6-18/h7-9H,3-6H2,1-2H3. The van der Waals surface area contributed by atoms with Crippen molar-refractivity contribution in [3.8, 4) is 6.07 Å². The number of carbonyl (C=O) groups is 1. The van der Waals surface area contributed by atoms with Crippen LogP contribution in [0.5, 0.6) is 0 Å². The molecule has 0 radical (unpaired) electrons. The molecule has 0 bridgehead atoms. The highest BCUT2D eigenvalue weighted by Crippen LogP contribution is 2.30. The van der Waals surface area contributed by atoms with Gasteiger partial charge in [0.2, 0.25) is 0 Å². The molecule has 0 N–H and O–H groups in total. The number of rotatable bonds is 1. The van der Waals surface area contributed by atoms with Crippen LogP contribution >= 0.6 is 0 Å². The fraction of sp³-hybridized carbons (Fsp3) is 0.467. The van der Waals surface area contributed by atoms with Crippen molar-refractivity contribution in [2.75, 3.05) is 13.1 Å². The van der Waals surface area contributed by atoms with Crippen molar-refractivity contribution >= 4 is 5.91 Å². The topological polar surface area (TPSA) is 44.1 Å². The van der Waals surface area contributed by atoms with Gasteiger partial charge in [-0.3, -0.25) is 4.79 Å². The van der Waals surface area contributed by atoms with Gasteiger partial charge in [-0.05, 0) is 50.5 Å². The fourth-order valence-electron chi connectivity index (χ4n) is 2.36. The molecule has 1 fully saturated rings. The molecule has 1 aromatic rings. The summed E-state index contributed by atoms with van der Waals surface area (Å²) >= 11 is 0. The Morgan fingerprint density at radius 1 is 1.37 bits per heavy atom. The first kappa shape index (κ1) is 13.5. The molecule has 0 saturated carbocycles. The van der Waals surface area contributed by atoms with E-state index >= 15 is 0 Å². The summed E-state index contributed by atoms with van der Waals surface area (Å²) < 4.78 is 13.3. The number of amides is 1. The second-order valence-electron chi connectivity index (χ2n) is 5.48. The Kier molecular flexibility index (Phi) is 3.57. The molecular weight excluding hydrogens is 243 g/mol. The first-order chi connectivity index (χ1) is 8.93. The number of hydrogen-bond acceptors (Lipinski definition) is 2. The van der Waals surface area contributed by atoms with E-state index in [2.05, 4.69) is 6.07 Å². The smallest absolute Gasteiger partial charge is 0.253 e. The Hall–Kier alpha value is -1.89. The lowest BCUT2D eigenvalue weighted by Gasteiger charge is -2.35. The average Bonchev–Trinajstić information content (AvgIpc) is 2.38. The number of piperidine rings is 1. The number of hydrogen-bond donors (Lipinski definition) is 0. The van der Waals surface area contributed by atoms with Gasteiger partial charge in [-0.25, -0.2) is 4.39 Å². The zero-order valence-corrected chi connectivity index (χ0v) is 11.2. The number of nitrogens with zero attached hydrogens (tertiary/aromatic N) is 2. The van der Waals surface area contributed by atoms with Gasteiger partial charge in [-0.2, -0.15) is 5.26 Å². The van der Waals surface area contributed by atoms with Crippen LogP contribution in [0.25, 0.3) is 0 Å². The molecule has 19 heavy (non-hydrogen) atoms. The Morgan fingerprint density at radius 2 is 2.00 bits per heavy atom. The lowest BCUT2D eigenvalue weighted by atomic mass is 9.82. The molecule has 100 valence electrons. The number of aryl methyl sites for hydroxylation is 1. The summed E-state index contributed by atoms with van der Waals surface area (Å²) in [7, 11) is 0. The number of carbonyl (C=O) groups excluding carboxylic acids is 1. The van der Waals surface area contributed by atoms with E-state index < -0.39 is 0 Å². The molecule has 0 aliphatic carbocycles. The minimum absolute atomic E-state index is 0.150. The molecule has 0 atom stereocenters. The van der Waals surface area contributed by atoms with Crippen LogP contribution in [0.4, 0.5) is 4.39 Å². The van der Waals surface area contributed by atoms with Gasteiger partial charge in [-0.15, -0.1) is 0 Å². The Labute approximate surface area is 112 Å². The highest BCUT2D eigenvalue weighted by molar-refractivity contribution is 5.94. The Balaban J connectivity index is 2.12. The van der Waals surface area contributed by atoms with E-state index in [1.807, 2.05) is 6.92 Å². The van der Waals surface area contributed by atoms with Crippen LogP contribution in [0.3, 0.4) is 0 Å². The summed E-state index contributed by atoms with van der Waals surface area (Å²) in [5.41, 5.74) is 0.787. The monoisotopic (exact) mass is 260 g/mol. The summed E-state index contributed by atoms with van der Waals surface area (Å²) in [6, 6.07) is 6.67. The van der Waals surface area contributed by atoms with E-state index in [0.29, 0.717) is 31.5 Å². The number of likely N-dealkylation sites (tertiary alicyclic amines) is 1. The van der Waals surface area contributed by atoms with Gasteiger partial charge in [0, 0.05) is 18.7 Å². The lowest BCUT2D eigenvalue weighted by molar-refractivity contribution is 0.0661. The summed E-state index contributed by atoms with van der Waals surface area (Å²) in [6.45, 7) is 4.79. The molecule has 1 aromatic carbocycles. The van der Waals surface area contributed by atoms with E-state index in [4.69, 9.17) is 5.26 Å². The van der Waals surface area contributed by atoms with E-state index in [9.17, 15) is 9.18 Å². The molecule has 3 nitrogen and oxygen atoms in total. The average molecular weight is 260 g/mol. The SMILES string of the molecule is Cc1cc(F)cc(C(=O)N2CCC(C)(C#N)CC2)c1. The van der Waals surface area contributed by atoms with Crippen molar-refractivity contribution in [2.45, 2.75) is 26.7 Å². The third kappa shape index (κ3) is 2.93. The van der Waals surface area contributed by atoms with Gasteiger partial charge in [0.05, 0.1) is 11.5 Å². The van der Waals surface area contributed by atoms with Crippen LogP contribution in [0, 0.1) is 29.5 Å². The van der Waals surface area contributed by atoms with Crippen LogP contribution in [-0.2, 0) is 0 Å². The second-order valence-corrected chi connectivity index (χ2v) is 5.48. The molecule has 1 saturated heterocycles. The van der Waals surface area contributed by atoms with Crippen molar-refractivity contribution in [3.05, 3.63) is 35.1 Å². The predicted octanol–water partition coefficient (Wildman–Crippen LogP) is 2.90. The maximum absolute atomic E-state index is 13.3. The van der Waals surface area contributed by atoms with E-state index in [-0.39, 0.29) is 17.1 Å². The fourth-order valence-corrected chi connectivity index (χ4v) is 2.36. The van der Waals surface area contributed by atoms with Gasteiger partial charge < -0.3 is 4.90 Å². The molecule has 0 aromatic heterocycles. The van der Waals surface area contributed by atoms with Crippen molar-refractivity contribution < 1.29 is 9.18 Å². The molecular formula is C15H17FN2O. The number of nitriles is 1. The minimum atomic E-state index is -0.387. The normalized spacial score (nSPS) is 17.9. The van der Waals surface area contributed by atoms with Gasteiger partial charge >= 0.3 is 0 Å². The zero-order valence-electron chi connectivity index (χ0n) is 11.2. The Morgan fingerprint density at radius 3 is 2.53 bits per heavy atom. The lowest BCUT2D eigenvalue weighted by Crippen LogP contribution is -2.41. The number of benzene rings is 1. The van der Waals surface area contributed by atoms with Crippen LogP contribution in [0.15, 0.2) is 18.2 Å². The van der Waals surface area contributed by atoms with Crippen molar-refractivity contribution in [2.24, 2.45) is 5.41 Å². The van der Waals surface area contributed by atoms with Crippen molar-refractivity contribution in [1.29, 1.82) is 5.26 Å². The molecule has 0 spiro atoms. The van der Waals surface area contributed by atoms with Gasteiger partial charge in [0.15, 0.2) is 0 Å². The summed E-state index contributed by atoms with van der Waals surface area (Å²) in [5, 5.41) is 9.06. The molecule has 0 unspecified atom stereocenters. The van der Waals surface area contributed by atoms with E-state index in [1.54, 1.807) is 17.9 Å². The van der Waals surface area contributed by atoms with E-state index in [1.165, 1.54) is 12.1 Å². The van der Waals surface area contributed by atoms with Gasteiger partial charge in [0.25, 0.3) is 5.91 Å². The summed E-state index contributed by atoms with van der Waals surface area (Å²) in [5.74, 6) is -0.537. The molecule has 1 aliphatic rings. The molecule has 1 heterocycles.